The van der Waals surface area contributed by atoms with Gasteiger partial charge in [-0.1, -0.05) is 30.2 Å². The van der Waals surface area contributed by atoms with Crippen LogP contribution in [0.5, 0.6) is 0 Å². The molecule has 0 unspecified atom stereocenters. The first-order chi connectivity index (χ1) is 5.88. The molecule has 0 radical (unpaired) electrons. The maximum Gasteiger partial charge on any atom is 0.150 e. The van der Waals surface area contributed by atoms with Crippen LogP contribution in [-0.2, 0) is 6.42 Å². The number of hydrogen-bond donors (Lipinski definition) is 0. The zero-order chi connectivity index (χ0) is 8.81. The summed E-state index contributed by atoms with van der Waals surface area (Å²) in [5.74, 6) is 5.73. The fourth-order valence-electron chi connectivity index (χ4n) is 0.994. The van der Waals surface area contributed by atoms with E-state index in [1.54, 1.807) is 13.0 Å². The lowest BCUT2D eigenvalue weighted by Crippen LogP contribution is -1.89. The van der Waals surface area contributed by atoms with Gasteiger partial charge in [0.1, 0.15) is 6.29 Å². The van der Waals surface area contributed by atoms with Gasteiger partial charge in [0.25, 0.3) is 0 Å². The third-order valence-electron chi connectivity index (χ3n) is 1.64. The van der Waals surface area contributed by atoms with E-state index in [-0.39, 0.29) is 0 Å². The van der Waals surface area contributed by atoms with Gasteiger partial charge in [0.15, 0.2) is 0 Å². The van der Waals surface area contributed by atoms with Crippen LogP contribution >= 0.6 is 0 Å². The van der Waals surface area contributed by atoms with E-state index < -0.39 is 0 Å². The van der Waals surface area contributed by atoms with Crippen LogP contribution in [0.3, 0.4) is 0 Å². The average molecular weight is 158 g/mol. The minimum atomic E-state index is 0.658. The molecule has 60 valence electrons. The topological polar surface area (TPSA) is 17.1 Å². The van der Waals surface area contributed by atoms with Crippen molar-refractivity contribution in [2.24, 2.45) is 0 Å². The molecule has 0 amide bonds. The summed E-state index contributed by atoms with van der Waals surface area (Å²) in [5.41, 5.74) is 1.74. The Morgan fingerprint density at radius 1 is 1.42 bits per heavy atom. The summed E-state index contributed by atoms with van der Waals surface area (Å²) in [5, 5.41) is 0. The van der Waals surface area contributed by atoms with Crippen molar-refractivity contribution in [2.75, 3.05) is 0 Å². The summed E-state index contributed by atoms with van der Waals surface area (Å²) in [6, 6.07) is 7.50. The molecule has 1 heteroatoms. The van der Waals surface area contributed by atoms with Gasteiger partial charge in [-0.15, -0.1) is 5.92 Å². The van der Waals surface area contributed by atoms with Gasteiger partial charge in [0, 0.05) is 12.0 Å². The Balaban J connectivity index is 2.94. The van der Waals surface area contributed by atoms with Crippen LogP contribution in [0.1, 0.15) is 22.8 Å². The van der Waals surface area contributed by atoms with Crippen molar-refractivity contribution in [3.8, 4) is 11.8 Å². The molecule has 0 aliphatic rings. The third-order valence-corrected chi connectivity index (χ3v) is 1.64. The molecule has 0 aliphatic heterocycles. The summed E-state index contributed by atoms with van der Waals surface area (Å²) in [6.07, 6.45) is 1.53. The van der Waals surface area contributed by atoms with Crippen molar-refractivity contribution < 1.29 is 4.79 Å². The SMILES string of the molecule is CC#CCc1ccccc1C=O. The zero-order valence-corrected chi connectivity index (χ0v) is 7.00. The van der Waals surface area contributed by atoms with Gasteiger partial charge >= 0.3 is 0 Å². The fraction of sp³-hybridized carbons (Fsp3) is 0.182. The van der Waals surface area contributed by atoms with E-state index in [9.17, 15) is 4.79 Å². The molecule has 0 spiro atoms. The molecule has 0 atom stereocenters. The van der Waals surface area contributed by atoms with E-state index in [1.807, 2.05) is 18.2 Å². The predicted molar refractivity (Wildman–Crippen MR) is 49.0 cm³/mol. The van der Waals surface area contributed by atoms with Crippen LogP contribution in [0.4, 0.5) is 0 Å². The minimum Gasteiger partial charge on any atom is -0.298 e. The van der Waals surface area contributed by atoms with Gasteiger partial charge in [0.05, 0.1) is 0 Å². The second-order valence-corrected chi connectivity index (χ2v) is 2.42. The zero-order valence-electron chi connectivity index (χ0n) is 7.00. The maximum atomic E-state index is 10.5. The van der Waals surface area contributed by atoms with Crippen molar-refractivity contribution in [1.82, 2.24) is 0 Å². The van der Waals surface area contributed by atoms with Crippen LogP contribution in [0.2, 0.25) is 0 Å². The molecular formula is C11H10O. The number of carbonyl (C=O) groups is 1. The van der Waals surface area contributed by atoms with E-state index in [0.717, 1.165) is 17.4 Å². The predicted octanol–water partition coefficient (Wildman–Crippen LogP) is 2.06. The lowest BCUT2D eigenvalue weighted by Gasteiger charge is -1.97. The normalized spacial score (nSPS) is 8.42. The molecule has 0 fully saturated rings. The van der Waals surface area contributed by atoms with Gasteiger partial charge < -0.3 is 0 Å². The van der Waals surface area contributed by atoms with Crippen LogP contribution in [0.25, 0.3) is 0 Å². The molecule has 12 heavy (non-hydrogen) atoms. The monoisotopic (exact) mass is 158 g/mol. The van der Waals surface area contributed by atoms with Gasteiger partial charge in [-0.3, -0.25) is 4.79 Å². The molecule has 1 rings (SSSR count). The number of carbonyl (C=O) groups excluding carboxylic acids is 1. The van der Waals surface area contributed by atoms with E-state index in [2.05, 4.69) is 11.8 Å². The van der Waals surface area contributed by atoms with Crippen molar-refractivity contribution in [1.29, 1.82) is 0 Å². The Labute approximate surface area is 72.4 Å². The van der Waals surface area contributed by atoms with Crippen LogP contribution < -0.4 is 0 Å². The Morgan fingerprint density at radius 3 is 2.83 bits per heavy atom. The Kier molecular flexibility index (Phi) is 3.10. The highest BCUT2D eigenvalue weighted by Crippen LogP contribution is 2.05. The Morgan fingerprint density at radius 2 is 2.17 bits per heavy atom. The van der Waals surface area contributed by atoms with Crippen molar-refractivity contribution in [3.63, 3.8) is 0 Å². The van der Waals surface area contributed by atoms with E-state index in [4.69, 9.17) is 0 Å². The van der Waals surface area contributed by atoms with Gasteiger partial charge in [-0.05, 0) is 12.5 Å². The van der Waals surface area contributed by atoms with Crippen molar-refractivity contribution >= 4 is 6.29 Å². The van der Waals surface area contributed by atoms with Crippen molar-refractivity contribution in [2.45, 2.75) is 13.3 Å². The average Bonchev–Trinajstić information content (AvgIpc) is 2.15. The second kappa shape index (κ2) is 4.35. The standard InChI is InChI=1S/C11H10O/c1-2-3-6-10-7-4-5-8-11(10)9-12/h4-5,7-9H,6H2,1H3. The quantitative estimate of drug-likeness (QED) is 0.475. The highest BCUT2D eigenvalue weighted by molar-refractivity contribution is 5.77. The minimum absolute atomic E-state index is 0.658. The highest BCUT2D eigenvalue weighted by atomic mass is 16.1. The largest absolute Gasteiger partial charge is 0.298 e. The molecule has 0 aromatic heterocycles. The fourth-order valence-corrected chi connectivity index (χ4v) is 0.994. The van der Waals surface area contributed by atoms with Gasteiger partial charge in [0.2, 0.25) is 0 Å². The van der Waals surface area contributed by atoms with E-state index >= 15 is 0 Å². The summed E-state index contributed by atoms with van der Waals surface area (Å²) < 4.78 is 0. The Hall–Kier alpha value is -1.55. The molecule has 1 aromatic carbocycles. The smallest absolute Gasteiger partial charge is 0.150 e. The van der Waals surface area contributed by atoms with Gasteiger partial charge in [-0.2, -0.15) is 0 Å². The molecule has 0 bridgehead atoms. The van der Waals surface area contributed by atoms with Gasteiger partial charge in [-0.25, -0.2) is 0 Å². The molecule has 0 heterocycles. The first-order valence-electron chi connectivity index (χ1n) is 3.81. The first-order valence-corrected chi connectivity index (χ1v) is 3.81. The van der Waals surface area contributed by atoms with E-state index in [1.165, 1.54) is 0 Å². The highest BCUT2D eigenvalue weighted by Gasteiger charge is 1.96. The molecular weight excluding hydrogens is 148 g/mol. The molecule has 1 nitrogen and oxygen atoms in total. The molecule has 0 saturated carbocycles. The summed E-state index contributed by atoms with van der Waals surface area (Å²) in [7, 11) is 0. The molecule has 0 aliphatic carbocycles. The van der Waals surface area contributed by atoms with Crippen LogP contribution in [-0.4, -0.2) is 6.29 Å². The van der Waals surface area contributed by atoms with Crippen LogP contribution in [0.15, 0.2) is 24.3 Å². The number of benzene rings is 1. The number of rotatable bonds is 2. The molecule has 1 aromatic rings. The van der Waals surface area contributed by atoms with Crippen molar-refractivity contribution in [3.05, 3.63) is 35.4 Å². The van der Waals surface area contributed by atoms with Crippen LogP contribution in [0, 0.1) is 11.8 Å². The summed E-state index contributed by atoms with van der Waals surface area (Å²) in [6.45, 7) is 1.80. The summed E-state index contributed by atoms with van der Waals surface area (Å²) >= 11 is 0. The first kappa shape index (κ1) is 8.55. The lowest BCUT2D eigenvalue weighted by molar-refractivity contribution is 0.112. The third kappa shape index (κ3) is 1.96. The number of hydrogen-bond acceptors (Lipinski definition) is 1. The molecule has 0 saturated heterocycles. The maximum absolute atomic E-state index is 10.5. The summed E-state index contributed by atoms with van der Waals surface area (Å²) in [4.78, 5) is 10.5. The Bertz CT molecular complexity index is 328. The second-order valence-electron chi connectivity index (χ2n) is 2.42. The molecule has 0 N–H and O–H groups in total. The number of aldehydes is 1. The lowest BCUT2D eigenvalue weighted by atomic mass is 10.1. The van der Waals surface area contributed by atoms with E-state index in [0.29, 0.717) is 6.42 Å².